The van der Waals surface area contributed by atoms with Crippen molar-refractivity contribution in [3.05, 3.63) is 0 Å². The minimum Gasteiger partial charge on any atom is -0.351 e. The van der Waals surface area contributed by atoms with Gasteiger partial charge >= 0.3 is 6.03 Å². The second-order valence-corrected chi connectivity index (χ2v) is 7.25. The molecule has 0 aliphatic carbocycles. The molecule has 7 heteroatoms. The predicted octanol–water partition coefficient (Wildman–Crippen LogP) is 0.463. The maximum Gasteiger partial charge on any atom is 0.327 e. The first-order chi connectivity index (χ1) is 10.1. The maximum atomic E-state index is 12.3. The van der Waals surface area contributed by atoms with Crippen LogP contribution in [0.5, 0.6) is 0 Å². The fraction of sp³-hybridized carbons (Fsp3) is 0.800. The van der Waals surface area contributed by atoms with Crippen LogP contribution in [0.1, 0.15) is 33.6 Å². The molecule has 0 aromatic rings. The van der Waals surface area contributed by atoms with Crippen LogP contribution in [0, 0.1) is 5.92 Å². The molecule has 2 fully saturated rings. The number of nitrogens with zero attached hydrogens (tertiary/aromatic N) is 3. The number of likely N-dealkylation sites (tertiary alicyclic amines) is 1. The third-order valence-corrected chi connectivity index (χ3v) is 4.28. The van der Waals surface area contributed by atoms with Gasteiger partial charge in [-0.15, -0.1) is 0 Å². The summed E-state index contributed by atoms with van der Waals surface area (Å²) >= 11 is 0. The average molecular weight is 310 g/mol. The van der Waals surface area contributed by atoms with Crippen LogP contribution in [-0.4, -0.2) is 71.4 Å². The second kappa shape index (κ2) is 5.87. The molecule has 7 nitrogen and oxygen atoms in total. The molecule has 4 amide bonds. The lowest BCUT2D eigenvalue weighted by molar-refractivity contribution is -0.133. The molecule has 0 saturated carbocycles. The van der Waals surface area contributed by atoms with Crippen molar-refractivity contribution in [2.24, 2.45) is 5.92 Å². The molecular formula is C15H26N4O3. The van der Waals surface area contributed by atoms with Gasteiger partial charge in [0.05, 0.1) is 18.5 Å². The Labute approximate surface area is 131 Å². The van der Waals surface area contributed by atoms with Gasteiger partial charge in [0.2, 0.25) is 11.8 Å². The van der Waals surface area contributed by atoms with Gasteiger partial charge in [0.25, 0.3) is 0 Å². The van der Waals surface area contributed by atoms with Crippen molar-refractivity contribution in [1.29, 1.82) is 0 Å². The number of carbonyl (C=O) groups is 3. The first-order valence-corrected chi connectivity index (χ1v) is 7.69. The molecule has 1 N–H and O–H groups in total. The number of hydrogen-bond acceptors (Lipinski definition) is 4. The van der Waals surface area contributed by atoms with E-state index in [-0.39, 0.29) is 41.9 Å². The van der Waals surface area contributed by atoms with Gasteiger partial charge < -0.3 is 10.2 Å². The van der Waals surface area contributed by atoms with Gasteiger partial charge in [0, 0.05) is 32.7 Å². The van der Waals surface area contributed by atoms with E-state index in [1.54, 1.807) is 11.9 Å². The number of rotatable bonds is 2. The van der Waals surface area contributed by atoms with Crippen molar-refractivity contribution >= 4 is 17.8 Å². The van der Waals surface area contributed by atoms with E-state index in [0.29, 0.717) is 6.54 Å². The molecule has 0 bridgehead atoms. The Hall–Kier alpha value is -1.63. The van der Waals surface area contributed by atoms with Crippen molar-refractivity contribution in [1.82, 2.24) is 20.0 Å². The minimum atomic E-state index is -0.288. The molecule has 2 aliphatic heterocycles. The highest BCUT2D eigenvalue weighted by molar-refractivity contribution is 5.96. The van der Waals surface area contributed by atoms with Gasteiger partial charge in [-0.3, -0.25) is 19.4 Å². The molecule has 124 valence electrons. The Morgan fingerprint density at radius 2 is 1.86 bits per heavy atom. The van der Waals surface area contributed by atoms with Crippen molar-refractivity contribution in [3.63, 3.8) is 0 Å². The summed E-state index contributed by atoms with van der Waals surface area (Å²) in [6.07, 6.45) is 0.792. The van der Waals surface area contributed by atoms with E-state index in [1.165, 1.54) is 7.05 Å². The van der Waals surface area contributed by atoms with Crippen LogP contribution in [0.2, 0.25) is 0 Å². The van der Waals surface area contributed by atoms with E-state index in [2.05, 4.69) is 10.2 Å². The van der Waals surface area contributed by atoms with Crippen molar-refractivity contribution in [3.8, 4) is 0 Å². The van der Waals surface area contributed by atoms with Crippen LogP contribution in [0.25, 0.3) is 0 Å². The molecule has 2 rings (SSSR count). The summed E-state index contributed by atoms with van der Waals surface area (Å²) in [5, 5.41) is 3.00. The SMILES string of the molecule is CN1C(=O)CC(N2CCC(C(=O)NC(C)(C)C)C2)N(C)C1=O. The standard InChI is InChI=1S/C15H26N4O3/c1-15(2,3)16-13(21)10-6-7-19(9-10)11-8-12(20)18(5)14(22)17(11)4/h10-11H,6-9H2,1-5H3,(H,16,21). The smallest absolute Gasteiger partial charge is 0.327 e. The summed E-state index contributed by atoms with van der Waals surface area (Å²) in [6.45, 7) is 7.18. The summed E-state index contributed by atoms with van der Waals surface area (Å²) in [5.41, 5.74) is -0.249. The molecular weight excluding hydrogens is 284 g/mol. The third kappa shape index (κ3) is 3.40. The van der Waals surface area contributed by atoms with Crippen LogP contribution in [0.3, 0.4) is 0 Å². The Bertz CT molecular complexity index is 486. The molecule has 22 heavy (non-hydrogen) atoms. The fourth-order valence-corrected chi connectivity index (χ4v) is 3.02. The van der Waals surface area contributed by atoms with E-state index in [0.717, 1.165) is 17.9 Å². The predicted molar refractivity (Wildman–Crippen MR) is 81.9 cm³/mol. The van der Waals surface area contributed by atoms with Gasteiger partial charge in [0.1, 0.15) is 0 Å². The summed E-state index contributed by atoms with van der Waals surface area (Å²) < 4.78 is 0. The molecule has 2 atom stereocenters. The van der Waals surface area contributed by atoms with Gasteiger partial charge in [-0.25, -0.2) is 4.79 Å². The molecule has 2 heterocycles. The topological polar surface area (TPSA) is 73.0 Å². The average Bonchev–Trinajstić information content (AvgIpc) is 2.88. The summed E-state index contributed by atoms with van der Waals surface area (Å²) in [5.74, 6) is -0.212. The number of imide groups is 1. The van der Waals surface area contributed by atoms with E-state index >= 15 is 0 Å². The lowest BCUT2D eigenvalue weighted by Gasteiger charge is -2.41. The van der Waals surface area contributed by atoms with Gasteiger partial charge in [-0.2, -0.15) is 0 Å². The summed E-state index contributed by atoms with van der Waals surface area (Å²) in [6, 6.07) is -0.288. The Morgan fingerprint density at radius 3 is 2.45 bits per heavy atom. The molecule has 2 unspecified atom stereocenters. The normalized spacial score (nSPS) is 27.5. The highest BCUT2D eigenvalue weighted by Gasteiger charge is 2.41. The zero-order chi connectivity index (χ0) is 16.7. The van der Waals surface area contributed by atoms with Crippen LogP contribution in [0.4, 0.5) is 4.79 Å². The zero-order valence-electron chi connectivity index (χ0n) is 14.0. The lowest BCUT2D eigenvalue weighted by Crippen LogP contribution is -2.59. The monoisotopic (exact) mass is 310 g/mol. The van der Waals surface area contributed by atoms with Crippen LogP contribution >= 0.6 is 0 Å². The first-order valence-electron chi connectivity index (χ1n) is 7.69. The molecule has 0 radical (unpaired) electrons. The largest absolute Gasteiger partial charge is 0.351 e. The number of urea groups is 1. The van der Waals surface area contributed by atoms with E-state index in [9.17, 15) is 14.4 Å². The Morgan fingerprint density at radius 1 is 1.23 bits per heavy atom. The van der Waals surface area contributed by atoms with Crippen LogP contribution in [-0.2, 0) is 9.59 Å². The summed E-state index contributed by atoms with van der Waals surface area (Å²) in [4.78, 5) is 41.0. The molecule has 0 aromatic heterocycles. The second-order valence-electron chi connectivity index (χ2n) is 7.25. The number of hydrogen-bond donors (Lipinski definition) is 1. The third-order valence-electron chi connectivity index (χ3n) is 4.28. The van der Waals surface area contributed by atoms with Gasteiger partial charge in [0.15, 0.2) is 0 Å². The lowest BCUT2D eigenvalue weighted by atomic mass is 10.0. The van der Waals surface area contributed by atoms with Gasteiger partial charge in [-0.05, 0) is 27.2 Å². The molecule has 2 aliphatic rings. The van der Waals surface area contributed by atoms with Crippen LogP contribution < -0.4 is 5.32 Å². The zero-order valence-corrected chi connectivity index (χ0v) is 14.0. The maximum absolute atomic E-state index is 12.3. The van der Waals surface area contributed by atoms with E-state index < -0.39 is 0 Å². The number of amides is 4. The van der Waals surface area contributed by atoms with Gasteiger partial charge in [-0.1, -0.05) is 0 Å². The quantitative estimate of drug-likeness (QED) is 0.804. The van der Waals surface area contributed by atoms with Crippen molar-refractivity contribution in [2.75, 3.05) is 27.2 Å². The highest BCUT2D eigenvalue weighted by Crippen LogP contribution is 2.25. The molecule has 2 saturated heterocycles. The summed E-state index contributed by atoms with van der Waals surface area (Å²) in [7, 11) is 3.21. The Balaban J connectivity index is 1.99. The van der Waals surface area contributed by atoms with Crippen molar-refractivity contribution in [2.45, 2.75) is 45.3 Å². The van der Waals surface area contributed by atoms with Crippen LogP contribution in [0.15, 0.2) is 0 Å². The fourth-order valence-electron chi connectivity index (χ4n) is 3.02. The highest BCUT2D eigenvalue weighted by atomic mass is 16.2. The van der Waals surface area contributed by atoms with E-state index in [1.807, 2.05) is 20.8 Å². The number of nitrogens with one attached hydrogen (secondary N) is 1. The van der Waals surface area contributed by atoms with Crippen molar-refractivity contribution < 1.29 is 14.4 Å². The Kier molecular flexibility index (Phi) is 4.47. The molecule has 0 spiro atoms. The molecule has 0 aromatic carbocycles. The number of carbonyl (C=O) groups excluding carboxylic acids is 3. The first kappa shape index (κ1) is 16.7. The van der Waals surface area contributed by atoms with E-state index in [4.69, 9.17) is 0 Å². The minimum absolute atomic E-state index is 0.0447.